The molecule has 1 N–H and O–H groups in total. The molecule has 0 aliphatic carbocycles. The van der Waals surface area contributed by atoms with Crippen molar-refractivity contribution >= 4 is 0 Å². The lowest BCUT2D eigenvalue weighted by atomic mass is 10.0. The number of rotatable bonds is 3. The molecule has 0 radical (unpaired) electrons. The van der Waals surface area contributed by atoms with Gasteiger partial charge in [-0.25, -0.2) is 0 Å². The molecule has 1 aromatic heterocycles. The molecule has 3 nitrogen and oxygen atoms in total. The fourth-order valence-electron chi connectivity index (χ4n) is 1.76. The van der Waals surface area contributed by atoms with E-state index in [0.29, 0.717) is 6.42 Å². The highest BCUT2D eigenvalue weighted by atomic mass is 16.3. The summed E-state index contributed by atoms with van der Waals surface area (Å²) in [6.45, 7) is 2.06. The first kappa shape index (κ1) is 10.9. The van der Waals surface area contributed by atoms with Crippen LogP contribution < -0.4 is 0 Å². The van der Waals surface area contributed by atoms with Gasteiger partial charge in [0.15, 0.2) is 0 Å². The molecule has 3 heteroatoms. The van der Waals surface area contributed by atoms with E-state index in [1.54, 1.807) is 10.9 Å². The summed E-state index contributed by atoms with van der Waals surface area (Å²) in [5.74, 6) is 0. The lowest BCUT2D eigenvalue weighted by Gasteiger charge is -2.11. The molecule has 1 atom stereocenters. The molecule has 0 amide bonds. The maximum atomic E-state index is 10.1. The van der Waals surface area contributed by atoms with Crippen LogP contribution in [-0.2, 0) is 13.5 Å². The number of aliphatic hydroxyl groups excluding tert-OH is 1. The Balaban J connectivity index is 2.10. The standard InChI is InChI=1S/C13H16N2O/c1-10-3-5-11(6-4-10)9-13(16)12-7-8-14-15(12)2/h3-8,13,16H,9H2,1-2H3. The molecule has 0 bridgehead atoms. The highest BCUT2D eigenvalue weighted by molar-refractivity contribution is 5.23. The second kappa shape index (κ2) is 4.49. The van der Waals surface area contributed by atoms with Crippen LogP contribution in [0.25, 0.3) is 0 Å². The van der Waals surface area contributed by atoms with Gasteiger partial charge in [-0.05, 0) is 18.6 Å². The van der Waals surface area contributed by atoms with E-state index < -0.39 is 6.10 Å². The average molecular weight is 216 g/mol. The van der Waals surface area contributed by atoms with Crippen molar-refractivity contribution in [3.63, 3.8) is 0 Å². The molecule has 0 saturated heterocycles. The van der Waals surface area contributed by atoms with E-state index in [4.69, 9.17) is 0 Å². The second-order valence-corrected chi connectivity index (χ2v) is 4.09. The van der Waals surface area contributed by atoms with Crippen LogP contribution in [-0.4, -0.2) is 14.9 Å². The molecule has 1 aromatic carbocycles. The quantitative estimate of drug-likeness (QED) is 0.852. The van der Waals surface area contributed by atoms with Gasteiger partial charge in [-0.2, -0.15) is 5.10 Å². The van der Waals surface area contributed by atoms with Gasteiger partial charge in [-0.3, -0.25) is 4.68 Å². The molecule has 0 aliphatic heterocycles. The van der Waals surface area contributed by atoms with Crippen molar-refractivity contribution < 1.29 is 5.11 Å². The fraction of sp³-hybridized carbons (Fsp3) is 0.308. The Bertz CT molecular complexity index is 459. The molecule has 0 fully saturated rings. The smallest absolute Gasteiger partial charge is 0.0996 e. The van der Waals surface area contributed by atoms with Gasteiger partial charge in [-0.15, -0.1) is 0 Å². The summed E-state index contributed by atoms with van der Waals surface area (Å²) in [5, 5.41) is 14.1. The van der Waals surface area contributed by atoms with E-state index in [9.17, 15) is 5.11 Å². The first-order valence-electron chi connectivity index (χ1n) is 5.38. The van der Waals surface area contributed by atoms with Crippen molar-refractivity contribution in [3.8, 4) is 0 Å². The second-order valence-electron chi connectivity index (χ2n) is 4.09. The highest BCUT2D eigenvalue weighted by Gasteiger charge is 2.11. The van der Waals surface area contributed by atoms with Crippen LogP contribution >= 0.6 is 0 Å². The van der Waals surface area contributed by atoms with Crippen LogP contribution in [0, 0.1) is 6.92 Å². The van der Waals surface area contributed by atoms with Crippen LogP contribution in [0.5, 0.6) is 0 Å². The van der Waals surface area contributed by atoms with Crippen molar-refractivity contribution in [3.05, 3.63) is 53.3 Å². The molecule has 1 unspecified atom stereocenters. The maximum Gasteiger partial charge on any atom is 0.0996 e. The van der Waals surface area contributed by atoms with E-state index in [0.717, 1.165) is 11.3 Å². The minimum absolute atomic E-state index is 0.491. The minimum atomic E-state index is -0.491. The van der Waals surface area contributed by atoms with Crippen molar-refractivity contribution in [1.29, 1.82) is 0 Å². The number of aliphatic hydroxyl groups is 1. The predicted molar refractivity (Wildman–Crippen MR) is 63.1 cm³/mol. The van der Waals surface area contributed by atoms with Gasteiger partial charge in [0.25, 0.3) is 0 Å². The molecule has 1 heterocycles. The zero-order valence-corrected chi connectivity index (χ0v) is 9.59. The predicted octanol–water partition coefficient (Wildman–Crippen LogP) is 2.00. The average Bonchev–Trinajstić information content (AvgIpc) is 2.68. The van der Waals surface area contributed by atoms with Gasteiger partial charge in [0.2, 0.25) is 0 Å². The van der Waals surface area contributed by atoms with Crippen LogP contribution in [0.15, 0.2) is 36.5 Å². The number of hydrogen-bond acceptors (Lipinski definition) is 2. The van der Waals surface area contributed by atoms with E-state index in [2.05, 4.69) is 36.3 Å². The van der Waals surface area contributed by atoms with Crippen LogP contribution in [0.4, 0.5) is 0 Å². The van der Waals surface area contributed by atoms with E-state index >= 15 is 0 Å². The van der Waals surface area contributed by atoms with E-state index in [-0.39, 0.29) is 0 Å². The molecule has 2 rings (SSSR count). The molecular formula is C13H16N2O. The number of aryl methyl sites for hydroxylation is 2. The maximum absolute atomic E-state index is 10.1. The zero-order valence-electron chi connectivity index (χ0n) is 9.59. The molecule has 16 heavy (non-hydrogen) atoms. The van der Waals surface area contributed by atoms with E-state index in [1.165, 1.54) is 5.56 Å². The highest BCUT2D eigenvalue weighted by Crippen LogP contribution is 2.17. The fourth-order valence-corrected chi connectivity index (χ4v) is 1.76. The van der Waals surface area contributed by atoms with Crippen molar-refractivity contribution in [2.45, 2.75) is 19.4 Å². The van der Waals surface area contributed by atoms with Crippen LogP contribution in [0.3, 0.4) is 0 Å². The van der Waals surface area contributed by atoms with Gasteiger partial charge in [0.05, 0.1) is 11.8 Å². The summed E-state index contributed by atoms with van der Waals surface area (Å²) < 4.78 is 1.71. The Morgan fingerprint density at radius 1 is 1.25 bits per heavy atom. The molecular weight excluding hydrogens is 200 g/mol. The Labute approximate surface area is 95.3 Å². The third kappa shape index (κ3) is 2.31. The van der Waals surface area contributed by atoms with Gasteiger partial charge in [-0.1, -0.05) is 29.8 Å². The summed E-state index contributed by atoms with van der Waals surface area (Å²) in [4.78, 5) is 0. The third-order valence-electron chi connectivity index (χ3n) is 2.75. The van der Waals surface area contributed by atoms with Crippen molar-refractivity contribution in [1.82, 2.24) is 9.78 Å². The van der Waals surface area contributed by atoms with Gasteiger partial charge in [0.1, 0.15) is 0 Å². The Kier molecular flexibility index (Phi) is 3.06. The van der Waals surface area contributed by atoms with E-state index in [1.807, 2.05) is 13.1 Å². The third-order valence-corrected chi connectivity index (χ3v) is 2.75. The molecule has 2 aromatic rings. The number of aromatic nitrogens is 2. The lowest BCUT2D eigenvalue weighted by molar-refractivity contribution is 0.168. The van der Waals surface area contributed by atoms with Gasteiger partial charge < -0.3 is 5.11 Å². The summed E-state index contributed by atoms with van der Waals surface area (Å²) in [5.41, 5.74) is 3.22. The minimum Gasteiger partial charge on any atom is -0.386 e. The Hall–Kier alpha value is -1.61. The van der Waals surface area contributed by atoms with Crippen molar-refractivity contribution in [2.75, 3.05) is 0 Å². The number of hydrogen-bond donors (Lipinski definition) is 1. The number of benzene rings is 1. The Morgan fingerprint density at radius 2 is 1.94 bits per heavy atom. The summed E-state index contributed by atoms with van der Waals surface area (Å²) in [6.07, 6.45) is 1.84. The summed E-state index contributed by atoms with van der Waals surface area (Å²) in [7, 11) is 1.84. The monoisotopic (exact) mass is 216 g/mol. The van der Waals surface area contributed by atoms with Gasteiger partial charge >= 0.3 is 0 Å². The zero-order chi connectivity index (χ0) is 11.5. The van der Waals surface area contributed by atoms with Gasteiger partial charge in [0, 0.05) is 19.7 Å². The topological polar surface area (TPSA) is 38.1 Å². The molecule has 84 valence electrons. The van der Waals surface area contributed by atoms with Crippen molar-refractivity contribution in [2.24, 2.45) is 7.05 Å². The van der Waals surface area contributed by atoms with Crippen LogP contribution in [0.2, 0.25) is 0 Å². The SMILES string of the molecule is Cc1ccc(CC(O)c2ccnn2C)cc1. The molecule has 0 saturated carbocycles. The molecule has 0 aliphatic rings. The molecule has 0 spiro atoms. The Morgan fingerprint density at radius 3 is 2.50 bits per heavy atom. The number of nitrogens with zero attached hydrogens (tertiary/aromatic N) is 2. The lowest BCUT2D eigenvalue weighted by Crippen LogP contribution is -2.07. The first-order valence-corrected chi connectivity index (χ1v) is 5.38. The first-order chi connectivity index (χ1) is 7.66. The summed E-state index contributed by atoms with van der Waals surface area (Å²) in [6, 6.07) is 10.1. The summed E-state index contributed by atoms with van der Waals surface area (Å²) >= 11 is 0. The largest absolute Gasteiger partial charge is 0.386 e. The normalized spacial score (nSPS) is 12.7. The van der Waals surface area contributed by atoms with Crippen LogP contribution in [0.1, 0.15) is 22.9 Å².